The zero-order chi connectivity index (χ0) is 24.6. The van der Waals surface area contributed by atoms with Crippen LogP contribution in [0.3, 0.4) is 0 Å². The third-order valence-corrected chi connectivity index (χ3v) is 6.40. The Balaban J connectivity index is 0.00000103. The van der Waals surface area contributed by atoms with Gasteiger partial charge in [0.05, 0.1) is 13.2 Å². The summed E-state index contributed by atoms with van der Waals surface area (Å²) in [5.41, 5.74) is 1.31. The molecule has 4 rings (SSSR count). The number of rotatable bonds is 8. The first kappa shape index (κ1) is 27.4. The Morgan fingerprint density at radius 1 is 0.765 bits per heavy atom. The summed E-state index contributed by atoms with van der Waals surface area (Å²) >= 11 is -0.826. The van der Waals surface area contributed by atoms with Crippen molar-refractivity contribution in [1.29, 1.82) is 0 Å². The van der Waals surface area contributed by atoms with Gasteiger partial charge in [-0.15, -0.1) is 0 Å². The van der Waals surface area contributed by atoms with E-state index in [2.05, 4.69) is 13.8 Å². The van der Waals surface area contributed by atoms with Crippen molar-refractivity contribution < 1.29 is 40.5 Å². The number of halogens is 2. The van der Waals surface area contributed by atoms with Crippen LogP contribution in [0.2, 0.25) is 0 Å². The summed E-state index contributed by atoms with van der Waals surface area (Å²) in [6.07, 6.45) is 0.666. The molecular weight excluding hydrogens is 554 g/mol. The van der Waals surface area contributed by atoms with Gasteiger partial charge in [0.25, 0.3) is 0 Å². The molecule has 2 aromatic carbocycles. The minimum absolute atomic E-state index is 0.105. The molecule has 0 aromatic heterocycles. The molecule has 0 amide bonds. The van der Waals surface area contributed by atoms with Crippen molar-refractivity contribution in [1.82, 2.24) is 0 Å². The zero-order valence-electron chi connectivity index (χ0n) is 19.3. The molecule has 2 N–H and O–H groups in total. The van der Waals surface area contributed by atoms with Crippen LogP contribution in [-0.4, -0.2) is 47.3 Å². The van der Waals surface area contributed by atoms with E-state index in [0.717, 1.165) is 11.1 Å². The molecule has 6 nitrogen and oxygen atoms in total. The molecule has 4 unspecified atom stereocenters. The van der Waals surface area contributed by atoms with Gasteiger partial charge in [0.15, 0.2) is 11.8 Å². The summed E-state index contributed by atoms with van der Waals surface area (Å²) in [7, 11) is 9.87. The molecule has 0 saturated heterocycles. The van der Waals surface area contributed by atoms with Gasteiger partial charge < -0.3 is 19.7 Å². The monoisotopic (exact) mass is 582 g/mol. The van der Waals surface area contributed by atoms with Gasteiger partial charge >= 0.3 is 37.9 Å². The van der Waals surface area contributed by atoms with E-state index in [1.165, 1.54) is 0 Å². The number of hydrogen-bond donors (Lipinski definition) is 2. The topological polar surface area (TPSA) is 83.6 Å². The number of nitrogens with zero attached hydrogens (tertiary/aromatic N) is 2. The van der Waals surface area contributed by atoms with Crippen molar-refractivity contribution in [3.63, 3.8) is 0 Å². The van der Waals surface area contributed by atoms with Gasteiger partial charge in [-0.1, -0.05) is 74.5 Å². The van der Waals surface area contributed by atoms with E-state index in [4.69, 9.17) is 36.5 Å². The molecule has 0 saturated carbocycles. The number of aliphatic imine (C=N–C) groups is 2. The molecule has 2 heterocycles. The Hall–Kier alpha value is -1.24. The summed E-state index contributed by atoms with van der Waals surface area (Å²) in [5.74, 6) is 1.10. The van der Waals surface area contributed by atoms with Crippen molar-refractivity contribution >= 4 is 28.8 Å². The van der Waals surface area contributed by atoms with E-state index < -0.39 is 26.3 Å². The molecule has 9 heteroatoms. The number of aliphatic hydroxyl groups excluding tert-OH is 2. The van der Waals surface area contributed by atoms with Crippen LogP contribution in [0.15, 0.2) is 70.6 Å². The molecule has 2 aromatic rings. The Labute approximate surface area is 219 Å². The maximum absolute atomic E-state index is 9.98. The van der Waals surface area contributed by atoms with Gasteiger partial charge in [0.1, 0.15) is 29.7 Å². The van der Waals surface area contributed by atoms with Crippen LogP contribution >= 0.6 is 17.0 Å². The minimum atomic E-state index is -0.826. The second-order valence-corrected chi connectivity index (χ2v) is 11.9. The molecule has 2 aliphatic heterocycles. The Morgan fingerprint density at radius 2 is 1.12 bits per heavy atom. The molecule has 0 spiro atoms. The summed E-state index contributed by atoms with van der Waals surface area (Å²) < 4.78 is 12.8. The zero-order valence-corrected chi connectivity index (χ0v) is 23.2. The third-order valence-electron chi connectivity index (χ3n) is 6.40. The van der Waals surface area contributed by atoms with Gasteiger partial charge in [-0.25, -0.2) is 9.98 Å². The van der Waals surface area contributed by atoms with Gasteiger partial charge in [-0.2, -0.15) is 0 Å². The van der Waals surface area contributed by atoms with E-state index in [9.17, 15) is 10.2 Å². The quantitative estimate of drug-likeness (QED) is 0.445. The van der Waals surface area contributed by atoms with Crippen LogP contribution in [0.1, 0.15) is 50.0 Å². The van der Waals surface area contributed by atoms with Crippen LogP contribution in [-0.2, 0) is 30.3 Å². The molecule has 0 radical (unpaired) electrons. The van der Waals surface area contributed by atoms with Crippen LogP contribution in [0.4, 0.5) is 0 Å². The van der Waals surface area contributed by atoms with E-state index >= 15 is 0 Å². The average molecular weight is 585 g/mol. The van der Waals surface area contributed by atoms with Crippen LogP contribution < -0.4 is 0 Å². The molecule has 0 fully saturated rings. The summed E-state index contributed by atoms with van der Waals surface area (Å²) in [4.78, 5) is 9.59. The first-order chi connectivity index (χ1) is 16.6. The van der Waals surface area contributed by atoms with Crippen molar-refractivity contribution in [3.8, 4) is 0 Å². The fraction of sp³-hybridized carbons (Fsp3) is 0.440. The molecule has 2 aliphatic rings. The second kappa shape index (κ2) is 13.2. The van der Waals surface area contributed by atoms with E-state index in [1.54, 1.807) is 0 Å². The number of benzene rings is 2. The average Bonchev–Trinajstić information content (AvgIpc) is 3.52. The van der Waals surface area contributed by atoms with Gasteiger partial charge in [-0.05, 0) is 24.0 Å². The van der Waals surface area contributed by atoms with Crippen LogP contribution in [0.25, 0.3) is 0 Å². The third kappa shape index (κ3) is 5.76. The predicted molar refractivity (Wildman–Crippen MR) is 132 cm³/mol. The first-order valence-corrected chi connectivity index (χ1v) is 17.7. The predicted octanol–water partition coefficient (Wildman–Crippen LogP) is 5.23. The molecule has 0 aliphatic carbocycles. The van der Waals surface area contributed by atoms with Crippen molar-refractivity contribution in [2.75, 3.05) is 13.2 Å². The first-order valence-electron chi connectivity index (χ1n) is 11.4. The number of ether oxygens (including phenoxy) is 2. The van der Waals surface area contributed by atoms with Gasteiger partial charge in [0.2, 0.25) is 0 Å². The van der Waals surface area contributed by atoms with Crippen molar-refractivity contribution in [2.45, 2.75) is 51.0 Å². The summed E-state index contributed by atoms with van der Waals surface area (Å²) in [5, 5.41) is 20.0. The number of hydrogen-bond acceptors (Lipinski definition) is 6. The SMILES string of the molecule is CCC(CC)(C1=NC(CO)C(c2ccccc2)O1)C1=NC(CO)C(c2ccccc2)O1.[Cl][Zr][Cl]. The van der Waals surface area contributed by atoms with Crippen LogP contribution in [0.5, 0.6) is 0 Å². The summed E-state index contributed by atoms with van der Waals surface area (Å²) in [6, 6.07) is 18.9. The van der Waals surface area contributed by atoms with Gasteiger partial charge in [-0.3, -0.25) is 0 Å². The second-order valence-electron chi connectivity index (χ2n) is 8.13. The van der Waals surface area contributed by atoms with Crippen molar-refractivity contribution in [3.05, 3.63) is 71.8 Å². The Bertz CT molecular complexity index is 884. The molecule has 34 heavy (non-hydrogen) atoms. The fourth-order valence-corrected chi connectivity index (χ4v) is 4.45. The Morgan fingerprint density at radius 3 is 1.41 bits per heavy atom. The normalized spacial score (nSPS) is 23.7. The van der Waals surface area contributed by atoms with E-state index in [-0.39, 0.29) is 37.5 Å². The fourth-order valence-electron chi connectivity index (χ4n) is 4.45. The standard InChI is InChI=1S/C25H30N2O4.2ClH.Zr/c1-3-25(4-2,23-26-19(15-28)21(30-23)17-11-7-5-8-12-17)24-27-20(16-29)22(31-24)18-13-9-6-10-14-18;;;/h5-14,19-22,28-29H,3-4,15-16H2,1-2H3;2*1H;/q;;;+2/p-2. The maximum atomic E-state index is 9.98. The van der Waals surface area contributed by atoms with E-state index in [1.807, 2.05) is 60.7 Å². The number of aliphatic hydroxyl groups is 2. The van der Waals surface area contributed by atoms with Gasteiger partial charge in [0, 0.05) is 0 Å². The molecule has 182 valence electrons. The Kier molecular flexibility index (Phi) is 10.6. The molecular formula is C25H30Cl2N2O4Zr. The van der Waals surface area contributed by atoms with E-state index in [0.29, 0.717) is 24.6 Å². The molecule has 0 bridgehead atoms. The summed E-state index contributed by atoms with van der Waals surface area (Å²) in [6.45, 7) is 3.92. The molecule has 4 atom stereocenters. The van der Waals surface area contributed by atoms with Crippen LogP contribution in [0, 0.1) is 5.41 Å². The van der Waals surface area contributed by atoms with Crippen molar-refractivity contribution in [2.24, 2.45) is 15.4 Å².